The summed E-state index contributed by atoms with van der Waals surface area (Å²) >= 11 is 1.57. The number of anilines is 1. The number of likely N-dealkylation sites (N-methyl/N-ethyl adjacent to an activating group) is 1. The van der Waals surface area contributed by atoms with Crippen LogP contribution in [-0.4, -0.2) is 55.2 Å². The fraction of sp³-hybridized carbons (Fsp3) is 0.406. The van der Waals surface area contributed by atoms with E-state index in [-0.39, 0.29) is 29.4 Å². The predicted octanol–water partition coefficient (Wildman–Crippen LogP) is 5.69. The number of nitrogens with one attached hydrogen (secondary N) is 2. The van der Waals surface area contributed by atoms with Crippen LogP contribution in [0.5, 0.6) is 0 Å². The quantitative estimate of drug-likeness (QED) is 0.107. The number of hydrogen-bond donors (Lipinski definition) is 4. The molecule has 0 aliphatic heterocycles. The number of unbranched alkanes of at least 4 members (excludes halogenated alkanes) is 2. The monoisotopic (exact) mass is 568 g/mol. The van der Waals surface area contributed by atoms with Crippen molar-refractivity contribution in [3.8, 4) is 0 Å². The number of aliphatic hydroxyl groups is 1. The normalized spacial score (nSPS) is 11.8. The van der Waals surface area contributed by atoms with Crippen molar-refractivity contribution >= 4 is 23.5 Å². The molecule has 1 amide bonds. The van der Waals surface area contributed by atoms with Crippen molar-refractivity contribution in [2.75, 3.05) is 39.5 Å². The summed E-state index contributed by atoms with van der Waals surface area (Å²) in [5.74, 6) is 0.0488. The van der Waals surface area contributed by atoms with Gasteiger partial charge < -0.3 is 21.5 Å². The molecule has 0 aliphatic rings. The van der Waals surface area contributed by atoms with Crippen LogP contribution in [-0.2, 0) is 4.79 Å². The molecule has 8 heteroatoms. The van der Waals surface area contributed by atoms with E-state index < -0.39 is 0 Å². The molecule has 40 heavy (non-hydrogen) atoms. The van der Waals surface area contributed by atoms with Gasteiger partial charge in [-0.3, -0.25) is 4.79 Å². The lowest BCUT2D eigenvalue weighted by atomic mass is 9.84. The third-order valence-corrected chi connectivity index (χ3v) is 7.46. The molecule has 3 rings (SSSR count). The molecule has 218 valence electrons. The lowest BCUT2D eigenvalue weighted by Gasteiger charge is -2.27. The molecule has 0 saturated heterocycles. The van der Waals surface area contributed by atoms with E-state index in [4.69, 9.17) is 10.8 Å². The molecule has 0 spiro atoms. The van der Waals surface area contributed by atoms with E-state index in [1.807, 2.05) is 49.5 Å². The first-order valence-corrected chi connectivity index (χ1v) is 14.6. The van der Waals surface area contributed by atoms with Gasteiger partial charge in [-0.25, -0.2) is 8.70 Å². The van der Waals surface area contributed by atoms with Crippen LogP contribution in [0.4, 0.5) is 10.1 Å². The number of nitrogens with two attached hydrogens (primary N) is 1. The van der Waals surface area contributed by atoms with Crippen LogP contribution in [0, 0.1) is 11.7 Å². The first-order valence-electron chi connectivity index (χ1n) is 13.9. The average molecular weight is 569 g/mol. The zero-order valence-electron chi connectivity index (χ0n) is 24.1. The Morgan fingerprint density at radius 1 is 0.950 bits per heavy atom. The van der Waals surface area contributed by atoms with E-state index in [1.54, 1.807) is 18.0 Å². The van der Waals surface area contributed by atoms with Gasteiger partial charge in [0, 0.05) is 37.6 Å². The Kier molecular flexibility index (Phi) is 15.4. The molecule has 0 heterocycles. The van der Waals surface area contributed by atoms with Gasteiger partial charge in [0.25, 0.3) is 0 Å². The standard InChI is InChI=1S/C31H41FN4OS.CH4O/c1-23(2)22-36(38-26-17-18-28(33)27(32)21-26)20-12-6-11-19-35-31(37)30(34-3)29(24-13-7-4-8-14-24)25-15-9-5-10-16-25;1-2/h4-5,7-10,13-18,21,23,29-30,34H,6,11-12,19-20,22,33H2,1-3H3,(H,35,37);2H,1H3. The molecular formula is C32H45FN4O2S. The van der Waals surface area contributed by atoms with E-state index in [0.29, 0.717) is 12.5 Å². The third kappa shape index (κ3) is 10.9. The van der Waals surface area contributed by atoms with Crippen LogP contribution < -0.4 is 16.4 Å². The predicted molar refractivity (Wildman–Crippen MR) is 166 cm³/mol. The van der Waals surface area contributed by atoms with Crippen LogP contribution in [0.3, 0.4) is 0 Å². The number of nitrogen functional groups attached to an aromatic ring is 1. The molecule has 0 fully saturated rings. The maximum atomic E-state index is 13.9. The minimum Gasteiger partial charge on any atom is -0.400 e. The van der Waals surface area contributed by atoms with Crippen molar-refractivity contribution in [3.63, 3.8) is 0 Å². The van der Waals surface area contributed by atoms with Crippen LogP contribution in [0.1, 0.15) is 50.2 Å². The average Bonchev–Trinajstić information content (AvgIpc) is 2.97. The number of carbonyl (C=O) groups excluding carboxylic acids is 1. The number of rotatable bonds is 15. The maximum absolute atomic E-state index is 13.9. The summed E-state index contributed by atoms with van der Waals surface area (Å²) in [5.41, 5.74) is 8.01. The van der Waals surface area contributed by atoms with Gasteiger partial charge in [-0.1, -0.05) is 80.9 Å². The Bertz CT molecular complexity index is 1080. The van der Waals surface area contributed by atoms with Gasteiger partial charge in [0.2, 0.25) is 5.91 Å². The lowest BCUT2D eigenvalue weighted by molar-refractivity contribution is -0.123. The molecule has 0 aromatic heterocycles. The highest BCUT2D eigenvalue weighted by Crippen LogP contribution is 2.29. The van der Waals surface area contributed by atoms with Crippen molar-refractivity contribution < 1.29 is 14.3 Å². The topological polar surface area (TPSA) is 90.6 Å². The second-order valence-electron chi connectivity index (χ2n) is 9.97. The van der Waals surface area contributed by atoms with Crippen molar-refractivity contribution in [2.45, 2.75) is 50.0 Å². The highest BCUT2D eigenvalue weighted by Gasteiger charge is 2.29. The fourth-order valence-corrected chi connectivity index (χ4v) is 5.73. The first kappa shape index (κ1) is 33.3. The molecule has 1 atom stereocenters. The summed E-state index contributed by atoms with van der Waals surface area (Å²) in [5, 5.41) is 13.4. The van der Waals surface area contributed by atoms with Crippen LogP contribution in [0.15, 0.2) is 83.8 Å². The number of aliphatic hydroxyl groups excluding tert-OH is 1. The molecule has 1 unspecified atom stereocenters. The highest BCUT2D eigenvalue weighted by molar-refractivity contribution is 7.97. The van der Waals surface area contributed by atoms with E-state index in [2.05, 4.69) is 53.1 Å². The summed E-state index contributed by atoms with van der Waals surface area (Å²) in [6, 6.07) is 25.0. The van der Waals surface area contributed by atoms with E-state index >= 15 is 0 Å². The SMILES string of the molecule is CNC(C(=O)NCCCCCN(CC(C)C)Sc1ccc(N)c(F)c1)C(c1ccccc1)c1ccccc1.CO. The Labute approximate surface area is 243 Å². The molecular weight excluding hydrogens is 523 g/mol. The molecule has 3 aromatic carbocycles. The Morgan fingerprint density at radius 2 is 1.55 bits per heavy atom. The fourth-order valence-electron chi connectivity index (χ4n) is 4.55. The van der Waals surface area contributed by atoms with Crippen molar-refractivity contribution in [1.29, 1.82) is 0 Å². The molecule has 3 aromatic rings. The van der Waals surface area contributed by atoms with E-state index in [1.165, 1.54) is 6.07 Å². The van der Waals surface area contributed by atoms with Gasteiger partial charge >= 0.3 is 0 Å². The summed E-state index contributed by atoms with van der Waals surface area (Å²) in [7, 11) is 2.84. The smallest absolute Gasteiger partial charge is 0.238 e. The summed E-state index contributed by atoms with van der Waals surface area (Å²) in [4.78, 5) is 14.1. The van der Waals surface area contributed by atoms with Crippen molar-refractivity contribution in [1.82, 2.24) is 14.9 Å². The Hall–Kier alpha value is -2.91. The zero-order chi connectivity index (χ0) is 29.3. The van der Waals surface area contributed by atoms with Gasteiger partial charge in [0.15, 0.2) is 0 Å². The number of halogens is 1. The number of nitrogens with zero attached hydrogens (tertiary/aromatic N) is 1. The van der Waals surface area contributed by atoms with Crippen LogP contribution in [0.2, 0.25) is 0 Å². The molecule has 5 N–H and O–H groups in total. The zero-order valence-corrected chi connectivity index (χ0v) is 25.0. The van der Waals surface area contributed by atoms with Crippen molar-refractivity contribution in [3.05, 3.63) is 95.8 Å². The van der Waals surface area contributed by atoms with Gasteiger partial charge in [-0.15, -0.1) is 0 Å². The van der Waals surface area contributed by atoms with Gasteiger partial charge in [0.05, 0.1) is 11.7 Å². The lowest BCUT2D eigenvalue weighted by Crippen LogP contribution is -2.47. The second-order valence-corrected chi connectivity index (χ2v) is 11.1. The van der Waals surface area contributed by atoms with Gasteiger partial charge in [-0.05, 0) is 67.1 Å². The summed E-state index contributed by atoms with van der Waals surface area (Å²) in [6.07, 6.45) is 2.90. The second kappa shape index (κ2) is 18.4. The number of hydrogen-bond acceptors (Lipinski definition) is 6. The Balaban J connectivity index is 0.00000274. The molecule has 0 aliphatic carbocycles. The first-order chi connectivity index (χ1) is 19.4. The summed E-state index contributed by atoms with van der Waals surface area (Å²) in [6.45, 7) is 6.81. The third-order valence-electron chi connectivity index (χ3n) is 6.40. The number of amides is 1. The number of benzene rings is 3. The molecule has 0 saturated carbocycles. The maximum Gasteiger partial charge on any atom is 0.238 e. The highest BCUT2D eigenvalue weighted by atomic mass is 32.2. The minimum atomic E-state index is -0.378. The van der Waals surface area contributed by atoms with Crippen molar-refractivity contribution in [2.24, 2.45) is 5.92 Å². The molecule has 6 nitrogen and oxygen atoms in total. The van der Waals surface area contributed by atoms with E-state index in [0.717, 1.165) is 55.5 Å². The van der Waals surface area contributed by atoms with Crippen LogP contribution in [0.25, 0.3) is 0 Å². The van der Waals surface area contributed by atoms with Gasteiger partial charge in [0.1, 0.15) is 5.82 Å². The minimum absolute atomic E-state index is 0.00701. The van der Waals surface area contributed by atoms with Crippen LogP contribution >= 0.6 is 11.9 Å². The summed E-state index contributed by atoms with van der Waals surface area (Å²) < 4.78 is 16.2. The van der Waals surface area contributed by atoms with Gasteiger partial charge in [-0.2, -0.15) is 0 Å². The number of carbonyl (C=O) groups is 1. The van der Waals surface area contributed by atoms with E-state index in [9.17, 15) is 9.18 Å². The molecule has 0 radical (unpaired) electrons. The Morgan fingerprint density at radius 3 is 2.08 bits per heavy atom. The molecule has 0 bridgehead atoms. The largest absolute Gasteiger partial charge is 0.400 e.